The summed E-state index contributed by atoms with van der Waals surface area (Å²) in [5.41, 5.74) is 6.95. The van der Waals surface area contributed by atoms with E-state index in [1.807, 2.05) is 0 Å². The second-order valence-electron chi connectivity index (χ2n) is 4.62. The Hall–Kier alpha value is -1.71. The van der Waals surface area contributed by atoms with Gasteiger partial charge in [0.25, 0.3) is 0 Å². The van der Waals surface area contributed by atoms with Gasteiger partial charge in [0.2, 0.25) is 0 Å². The van der Waals surface area contributed by atoms with Gasteiger partial charge in [0.05, 0.1) is 5.56 Å². The molecule has 0 radical (unpaired) electrons. The summed E-state index contributed by atoms with van der Waals surface area (Å²) in [6, 6.07) is 5.18. The van der Waals surface area contributed by atoms with Crippen LogP contribution in [0.1, 0.15) is 44.0 Å². The van der Waals surface area contributed by atoms with Crippen molar-refractivity contribution in [2.45, 2.75) is 39.7 Å². The highest BCUT2D eigenvalue weighted by molar-refractivity contribution is 5.95. The van der Waals surface area contributed by atoms with Gasteiger partial charge in [-0.15, -0.1) is 0 Å². The van der Waals surface area contributed by atoms with Crippen LogP contribution in [0, 0.1) is 5.92 Å². The van der Waals surface area contributed by atoms with Crippen LogP contribution in [0.15, 0.2) is 18.2 Å². The molecule has 0 bridgehead atoms. The van der Waals surface area contributed by atoms with Crippen LogP contribution in [0.2, 0.25) is 0 Å². The van der Waals surface area contributed by atoms with Crippen molar-refractivity contribution in [3.05, 3.63) is 23.8 Å². The molecule has 100 valence electrons. The fourth-order valence-corrected chi connectivity index (χ4v) is 2.22. The Morgan fingerprint density at radius 3 is 2.50 bits per heavy atom. The van der Waals surface area contributed by atoms with Gasteiger partial charge in [-0.1, -0.05) is 26.7 Å². The summed E-state index contributed by atoms with van der Waals surface area (Å²) in [6.45, 7) is 6.38. The Morgan fingerprint density at radius 2 is 2.00 bits per heavy atom. The maximum atomic E-state index is 11.2. The first-order chi connectivity index (χ1) is 8.49. The van der Waals surface area contributed by atoms with Gasteiger partial charge in [0.15, 0.2) is 0 Å². The van der Waals surface area contributed by atoms with E-state index in [0.717, 1.165) is 12.8 Å². The van der Waals surface area contributed by atoms with Gasteiger partial charge in [0.1, 0.15) is 0 Å². The molecule has 0 spiro atoms. The third-order valence-electron chi connectivity index (χ3n) is 3.41. The minimum atomic E-state index is -0.957. The Labute approximate surface area is 108 Å². The Kier molecular flexibility index (Phi) is 5.01. The van der Waals surface area contributed by atoms with Crippen LogP contribution in [0.3, 0.4) is 0 Å². The molecule has 4 nitrogen and oxygen atoms in total. The highest BCUT2D eigenvalue weighted by Gasteiger charge is 2.17. The molecule has 4 heteroatoms. The van der Waals surface area contributed by atoms with Crippen molar-refractivity contribution in [3.63, 3.8) is 0 Å². The normalized spacial score (nSPS) is 12.4. The molecular weight excluding hydrogens is 228 g/mol. The van der Waals surface area contributed by atoms with Crippen molar-refractivity contribution in [1.29, 1.82) is 0 Å². The summed E-state index contributed by atoms with van der Waals surface area (Å²) in [4.78, 5) is 11.2. The number of aromatic carboxylic acids is 1. The van der Waals surface area contributed by atoms with Crippen LogP contribution in [0.25, 0.3) is 0 Å². The largest absolute Gasteiger partial charge is 0.478 e. The third-order valence-corrected chi connectivity index (χ3v) is 3.41. The molecule has 1 aromatic rings. The summed E-state index contributed by atoms with van der Waals surface area (Å²) >= 11 is 0. The maximum absolute atomic E-state index is 11.2. The van der Waals surface area contributed by atoms with E-state index in [2.05, 4.69) is 26.1 Å². The Bertz CT molecular complexity index is 414. The van der Waals surface area contributed by atoms with Crippen molar-refractivity contribution in [2.75, 3.05) is 11.1 Å². The molecule has 0 saturated heterocycles. The van der Waals surface area contributed by atoms with E-state index in [9.17, 15) is 4.79 Å². The quantitative estimate of drug-likeness (QED) is 0.678. The lowest BCUT2D eigenvalue weighted by atomic mass is 9.95. The average Bonchev–Trinajstić information content (AvgIpc) is 2.32. The van der Waals surface area contributed by atoms with E-state index in [-0.39, 0.29) is 11.6 Å². The molecule has 1 unspecified atom stereocenters. The topological polar surface area (TPSA) is 75.3 Å². The van der Waals surface area contributed by atoms with Gasteiger partial charge >= 0.3 is 5.97 Å². The second kappa shape index (κ2) is 6.28. The molecule has 0 fully saturated rings. The third kappa shape index (κ3) is 3.39. The Balaban J connectivity index is 2.93. The minimum absolute atomic E-state index is 0.229. The molecule has 0 aliphatic carbocycles. The number of anilines is 2. The molecule has 0 amide bonds. The lowest BCUT2D eigenvalue weighted by molar-refractivity contribution is 0.0698. The van der Waals surface area contributed by atoms with Crippen LogP contribution in [-0.2, 0) is 0 Å². The van der Waals surface area contributed by atoms with Crippen molar-refractivity contribution in [2.24, 2.45) is 5.92 Å². The van der Waals surface area contributed by atoms with Crippen LogP contribution >= 0.6 is 0 Å². The number of carboxylic acid groups (broad SMARTS) is 1. The lowest BCUT2D eigenvalue weighted by Crippen LogP contribution is -2.26. The number of carboxylic acids is 1. The fourth-order valence-electron chi connectivity index (χ4n) is 2.22. The zero-order chi connectivity index (χ0) is 13.7. The van der Waals surface area contributed by atoms with Gasteiger partial charge in [-0.05, 0) is 31.0 Å². The van der Waals surface area contributed by atoms with Crippen molar-refractivity contribution < 1.29 is 9.90 Å². The number of nitrogens with one attached hydrogen (secondary N) is 1. The number of nitrogens with two attached hydrogens (primary N) is 1. The van der Waals surface area contributed by atoms with E-state index >= 15 is 0 Å². The van der Waals surface area contributed by atoms with Crippen LogP contribution in [-0.4, -0.2) is 17.1 Å². The first kappa shape index (κ1) is 14.4. The number of nitrogen functional groups attached to an aromatic ring is 1. The van der Waals surface area contributed by atoms with Crippen LogP contribution in [0.4, 0.5) is 11.4 Å². The van der Waals surface area contributed by atoms with Gasteiger partial charge in [-0.25, -0.2) is 4.79 Å². The summed E-state index contributed by atoms with van der Waals surface area (Å²) in [6.07, 6.45) is 2.14. The first-order valence-corrected chi connectivity index (χ1v) is 6.38. The molecule has 0 heterocycles. The minimum Gasteiger partial charge on any atom is -0.478 e. The molecule has 1 rings (SSSR count). The zero-order valence-electron chi connectivity index (χ0n) is 11.2. The van der Waals surface area contributed by atoms with E-state index < -0.39 is 5.97 Å². The summed E-state index contributed by atoms with van der Waals surface area (Å²) in [5.74, 6) is -0.425. The summed E-state index contributed by atoms with van der Waals surface area (Å²) in [7, 11) is 0. The summed E-state index contributed by atoms with van der Waals surface area (Å²) < 4.78 is 0. The van der Waals surface area contributed by atoms with Gasteiger partial charge in [-0.3, -0.25) is 0 Å². The molecule has 0 aliphatic rings. The predicted octanol–water partition coefficient (Wildman–Crippen LogP) is 3.20. The van der Waals surface area contributed by atoms with E-state index in [1.165, 1.54) is 6.07 Å². The van der Waals surface area contributed by atoms with Gasteiger partial charge in [0, 0.05) is 17.4 Å². The standard InChI is InChI=1S/C14H22N2O2/c1-4-10(5-2)9(3)16-13-7-6-11(15)8-12(13)14(17)18/h6-10,16H,4-5,15H2,1-3H3,(H,17,18). The van der Waals surface area contributed by atoms with Gasteiger partial charge < -0.3 is 16.2 Å². The van der Waals surface area contributed by atoms with E-state index in [4.69, 9.17) is 10.8 Å². The molecule has 4 N–H and O–H groups in total. The molecular formula is C14H22N2O2. The van der Waals surface area contributed by atoms with Gasteiger partial charge in [-0.2, -0.15) is 0 Å². The van der Waals surface area contributed by atoms with Crippen LogP contribution < -0.4 is 11.1 Å². The highest BCUT2D eigenvalue weighted by Crippen LogP contribution is 2.23. The van der Waals surface area contributed by atoms with Crippen molar-refractivity contribution in [1.82, 2.24) is 0 Å². The van der Waals surface area contributed by atoms with E-state index in [0.29, 0.717) is 17.3 Å². The smallest absolute Gasteiger partial charge is 0.337 e. The number of hydrogen-bond acceptors (Lipinski definition) is 3. The van der Waals surface area contributed by atoms with Crippen molar-refractivity contribution in [3.8, 4) is 0 Å². The monoisotopic (exact) mass is 250 g/mol. The predicted molar refractivity (Wildman–Crippen MR) is 75.0 cm³/mol. The molecule has 1 atom stereocenters. The molecule has 1 aromatic carbocycles. The Morgan fingerprint density at radius 1 is 1.39 bits per heavy atom. The highest BCUT2D eigenvalue weighted by atomic mass is 16.4. The average molecular weight is 250 g/mol. The number of hydrogen-bond donors (Lipinski definition) is 3. The maximum Gasteiger partial charge on any atom is 0.337 e. The lowest BCUT2D eigenvalue weighted by Gasteiger charge is -2.24. The number of rotatable bonds is 6. The fraction of sp³-hybridized carbons (Fsp3) is 0.500. The second-order valence-corrected chi connectivity index (χ2v) is 4.62. The number of benzene rings is 1. The molecule has 0 aliphatic heterocycles. The summed E-state index contributed by atoms with van der Waals surface area (Å²) in [5, 5.41) is 12.4. The molecule has 18 heavy (non-hydrogen) atoms. The molecule has 0 aromatic heterocycles. The van der Waals surface area contributed by atoms with Crippen molar-refractivity contribution >= 4 is 17.3 Å². The van der Waals surface area contributed by atoms with E-state index in [1.54, 1.807) is 12.1 Å². The van der Waals surface area contributed by atoms with Crippen LogP contribution in [0.5, 0.6) is 0 Å². The first-order valence-electron chi connectivity index (χ1n) is 6.38. The SMILES string of the molecule is CCC(CC)C(C)Nc1ccc(N)cc1C(=O)O. The number of carbonyl (C=O) groups is 1. The molecule has 0 saturated carbocycles. The zero-order valence-corrected chi connectivity index (χ0v) is 11.2.